The molecule has 0 aliphatic heterocycles. The number of pyridine rings is 3. The first-order chi connectivity index (χ1) is 18.7. The topological polar surface area (TPSA) is 128 Å². The second-order valence-electron chi connectivity index (χ2n) is 9.80. The SMILES string of the molecule is OC(Nc1cncc(-c2cnc3n[nH]c(-c4nc5c(-c6ccsc6)nccc5[nH]4)c3c2)c1)C1CCCCC1. The summed E-state index contributed by atoms with van der Waals surface area (Å²) in [7, 11) is 0. The van der Waals surface area contributed by atoms with Gasteiger partial charge >= 0.3 is 0 Å². The minimum Gasteiger partial charge on any atom is -0.374 e. The number of aromatic nitrogens is 7. The number of aliphatic hydroxyl groups excluding tert-OH is 1. The Labute approximate surface area is 222 Å². The molecule has 6 aromatic heterocycles. The number of imidazole rings is 1. The Morgan fingerprint density at radius 1 is 1.00 bits per heavy atom. The smallest absolute Gasteiger partial charge is 0.181 e. The van der Waals surface area contributed by atoms with Gasteiger partial charge in [-0.2, -0.15) is 16.4 Å². The Morgan fingerprint density at radius 2 is 1.89 bits per heavy atom. The molecule has 1 aliphatic rings. The van der Waals surface area contributed by atoms with Crippen LogP contribution in [0.1, 0.15) is 32.1 Å². The largest absolute Gasteiger partial charge is 0.374 e. The second kappa shape index (κ2) is 9.62. The maximum atomic E-state index is 10.7. The maximum Gasteiger partial charge on any atom is 0.181 e. The van der Waals surface area contributed by atoms with Gasteiger partial charge in [-0.25, -0.2) is 9.97 Å². The van der Waals surface area contributed by atoms with E-state index in [0.717, 1.165) is 63.0 Å². The number of nitrogens with one attached hydrogen (secondary N) is 3. The summed E-state index contributed by atoms with van der Waals surface area (Å²) >= 11 is 1.63. The normalized spacial score (nSPS) is 15.3. The van der Waals surface area contributed by atoms with Gasteiger partial charge in [0, 0.05) is 46.6 Å². The van der Waals surface area contributed by atoms with Gasteiger partial charge in [0.1, 0.15) is 17.4 Å². The highest BCUT2D eigenvalue weighted by Crippen LogP contribution is 2.33. The number of aliphatic hydroxyl groups is 1. The van der Waals surface area contributed by atoms with Crippen molar-refractivity contribution in [2.45, 2.75) is 38.3 Å². The highest BCUT2D eigenvalue weighted by molar-refractivity contribution is 7.08. The van der Waals surface area contributed by atoms with Crippen molar-refractivity contribution in [1.29, 1.82) is 0 Å². The van der Waals surface area contributed by atoms with Crippen LogP contribution in [-0.4, -0.2) is 46.5 Å². The molecule has 6 aromatic rings. The van der Waals surface area contributed by atoms with Gasteiger partial charge in [0.05, 0.1) is 28.5 Å². The molecular formula is C28H26N8OS. The van der Waals surface area contributed by atoms with Crippen LogP contribution >= 0.6 is 11.3 Å². The molecule has 1 fully saturated rings. The molecule has 6 heterocycles. The third-order valence-corrected chi connectivity index (χ3v) is 8.01. The molecule has 38 heavy (non-hydrogen) atoms. The molecule has 1 atom stereocenters. The number of rotatable bonds is 6. The van der Waals surface area contributed by atoms with Crippen LogP contribution in [0, 0.1) is 5.92 Å². The van der Waals surface area contributed by atoms with Crippen LogP contribution < -0.4 is 5.32 Å². The summed E-state index contributed by atoms with van der Waals surface area (Å²) in [5.41, 5.74) is 7.58. The van der Waals surface area contributed by atoms with E-state index in [1.165, 1.54) is 19.3 Å². The fourth-order valence-corrected chi connectivity index (χ4v) is 5.96. The number of thiophene rings is 1. The predicted molar refractivity (Wildman–Crippen MR) is 150 cm³/mol. The third kappa shape index (κ3) is 4.21. The maximum absolute atomic E-state index is 10.7. The molecule has 1 aliphatic carbocycles. The first kappa shape index (κ1) is 23.0. The number of fused-ring (bicyclic) bond motifs is 2. The van der Waals surface area contributed by atoms with E-state index in [4.69, 9.17) is 4.98 Å². The van der Waals surface area contributed by atoms with Gasteiger partial charge in [-0.1, -0.05) is 19.3 Å². The summed E-state index contributed by atoms with van der Waals surface area (Å²) in [5.74, 6) is 0.952. The van der Waals surface area contributed by atoms with E-state index in [0.29, 0.717) is 11.5 Å². The summed E-state index contributed by atoms with van der Waals surface area (Å²) < 4.78 is 0. The minimum atomic E-state index is -0.574. The molecule has 1 saturated carbocycles. The third-order valence-electron chi connectivity index (χ3n) is 7.32. The number of aromatic amines is 2. The first-order valence-electron chi connectivity index (χ1n) is 12.8. The molecule has 9 nitrogen and oxygen atoms in total. The standard InChI is InChI=1S/C28H26N8OS/c37-28(16-4-2-1-3-5-16)32-20-10-18(12-29-14-20)19-11-21-24(35-36-26(21)31-13-19)27-33-22-6-8-30-23(25(22)34-27)17-7-9-38-15-17/h6-16,28,32,37H,1-5H2,(H,33,34)(H,31,35,36). The molecule has 4 N–H and O–H groups in total. The van der Waals surface area contributed by atoms with E-state index < -0.39 is 6.23 Å². The highest BCUT2D eigenvalue weighted by Gasteiger charge is 2.22. The summed E-state index contributed by atoms with van der Waals surface area (Å²) in [4.78, 5) is 21.9. The van der Waals surface area contributed by atoms with E-state index in [9.17, 15) is 5.11 Å². The number of H-pyrrole nitrogens is 2. The number of nitrogens with zero attached hydrogens (tertiary/aromatic N) is 5. The molecule has 190 valence electrons. The van der Waals surface area contributed by atoms with Crippen LogP contribution in [-0.2, 0) is 0 Å². The summed E-state index contributed by atoms with van der Waals surface area (Å²) in [6, 6.07) is 8.02. The van der Waals surface area contributed by atoms with Gasteiger partial charge in [-0.15, -0.1) is 0 Å². The lowest BCUT2D eigenvalue weighted by Gasteiger charge is -2.27. The zero-order valence-electron chi connectivity index (χ0n) is 20.6. The highest BCUT2D eigenvalue weighted by atomic mass is 32.1. The van der Waals surface area contributed by atoms with E-state index in [2.05, 4.69) is 40.8 Å². The van der Waals surface area contributed by atoms with Crippen LogP contribution in [0.4, 0.5) is 5.69 Å². The van der Waals surface area contributed by atoms with Crippen molar-refractivity contribution in [2.24, 2.45) is 5.92 Å². The van der Waals surface area contributed by atoms with E-state index in [1.54, 1.807) is 36.1 Å². The second-order valence-corrected chi connectivity index (χ2v) is 10.6. The Morgan fingerprint density at radius 3 is 2.76 bits per heavy atom. The zero-order chi connectivity index (χ0) is 25.5. The summed E-state index contributed by atoms with van der Waals surface area (Å²) in [6.45, 7) is 0. The van der Waals surface area contributed by atoms with Gasteiger partial charge in [0.2, 0.25) is 0 Å². The van der Waals surface area contributed by atoms with E-state index in [1.807, 2.05) is 29.6 Å². The number of anilines is 1. The average molecular weight is 523 g/mol. The Kier molecular flexibility index (Phi) is 5.82. The van der Waals surface area contributed by atoms with Crippen molar-refractivity contribution in [2.75, 3.05) is 5.32 Å². The average Bonchev–Trinajstić information content (AvgIpc) is 3.73. The molecule has 0 amide bonds. The molecule has 1 unspecified atom stereocenters. The van der Waals surface area contributed by atoms with Crippen molar-refractivity contribution in [3.8, 4) is 33.9 Å². The van der Waals surface area contributed by atoms with Crippen molar-refractivity contribution in [3.05, 3.63) is 59.8 Å². The van der Waals surface area contributed by atoms with Gasteiger partial charge in [-0.3, -0.25) is 15.1 Å². The number of hydrogen-bond acceptors (Lipinski definition) is 8. The Balaban J connectivity index is 1.22. The van der Waals surface area contributed by atoms with Gasteiger partial charge in [0.25, 0.3) is 0 Å². The van der Waals surface area contributed by atoms with Crippen molar-refractivity contribution in [1.82, 2.24) is 35.1 Å². The number of hydrogen-bond donors (Lipinski definition) is 4. The van der Waals surface area contributed by atoms with Crippen LogP contribution in [0.25, 0.3) is 56.0 Å². The molecule has 0 saturated heterocycles. The van der Waals surface area contributed by atoms with Crippen LogP contribution in [0.15, 0.2) is 59.8 Å². The Hall–Kier alpha value is -4.15. The lowest BCUT2D eigenvalue weighted by molar-refractivity contribution is 0.109. The van der Waals surface area contributed by atoms with Crippen LogP contribution in [0.3, 0.4) is 0 Å². The lowest BCUT2D eigenvalue weighted by atomic mass is 9.88. The van der Waals surface area contributed by atoms with Crippen molar-refractivity contribution in [3.63, 3.8) is 0 Å². The first-order valence-corrected chi connectivity index (χ1v) is 13.8. The molecular weight excluding hydrogens is 496 g/mol. The zero-order valence-corrected chi connectivity index (χ0v) is 21.4. The fraction of sp³-hybridized carbons (Fsp3) is 0.250. The van der Waals surface area contributed by atoms with E-state index in [-0.39, 0.29) is 5.92 Å². The lowest BCUT2D eigenvalue weighted by Crippen LogP contribution is -2.30. The molecule has 7 rings (SSSR count). The molecule has 0 bridgehead atoms. The van der Waals surface area contributed by atoms with Gasteiger partial charge < -0.3 is 15.4 Å². The molecule has 10 heteroatoms. The summed E-state index contributed by atoms with van der Waals surface area (Å²) in [6.07, 6.45) is 12.3. The van der Waals surface area contributed by atoms with Crippen molar-refractivity contribution >= 4 is 39.1 Å². The molecule has 0 radical (unpaired) electrons. The minimum absolute atomic E-state index is 0.276. The Bertz CT molecular complexity index is 1720. The van der Waals surface area contributed by atoms with Crippen LogP contribution in [0.2, 0.25) is 0 Å². The van der Waals surface area contributed by atoms with E-state index >= 15 is 0 Å². The fourth-order valence-electron chi connectivity index (χ4n) is 5.32. The van der Waals surface area contributed by atoms with Gasteiger partial charge in [0.15, 0.2) is 11.5 Å². The molecule has 0 spiro atoms. The molecule has 0 aromatic carbocycles. The monoisotopic (exact) mass is 522 g/mol. The van der Waals surface area contributed by atoms with Crippen LogP contribution in [0.5, 0.6) is 0 Å². The predicted octanol–water partition coefficient (Wildman–Crippen LogP) is 6.00. The van der Waals surface area contributed by atoms with Crippen molar-refractivity contribution < 1.29 is 5.11 Å². The van der Waals surface area contributed by atoms with Gasteiger partial charge in [-0.05, 0) is 42.5 Å². The summed E-state index contributed by atoms with van der Waals surface area (Å²) in [5, 5.41) is 26.5. The quantitative estimate of drug-likeness (QED) is 0.198.